The predicted molar refractivity (Wildman–Crippen MR) is 80.1 cm³/mol. The van der Waals surface area contributed by atoms with E-state index in [2.05, 4.69) is 10.3 Å². The molecule has 0 saturated carbocycles. The number of hydrogen-bond acceptors (Lipinski definition) is 5. The fraction of sp³-hybridized carbons (Fsp3) is 0.333. The number of nitrogens with zero attached hydrogens (tertiary/aromatic N) is 1. The summed E-state index contributed by atoms with van der Waals surface area (Å²) in [7, 11) is 3.15. The lowest BCUT2D eigenvalue weighted by Crippen LogP contribution is -2.20. The fourth-order valence-electron chi connectivity index (χ4n) is 1.98. The molecule has 0 spiro atoms. The second kappa shape index (κ2) is 6.30. The molecule has 112 valence electrons. The van der Waals surface area contributed by atoms with Gasteiger partial charge >= 0.3 is 5.97 Å². The number of pyridine rings is 1. The molecule has 1 aromatic carbocycles. The minimum Gasteiger partial charge on any atom is -0.493 e. The largest absolute Gasteiger partial charge is 0.493 e. The summed E-state index contributed by atoms with van der Waals surface area (Å²) in [6, 6.07) is 5.56. The SMILES string of the molecule is COc1cc2ccnc(NCC(C)C(=O)O)c2cc1OC. The number of aliphatic carboxylic acids is 1. The van der Waals surface area contributed by atoms with Crippen LogP contribution in [0, 0.1) is 5.92 Å². The lowest BCUT2D eigenvalue weighted by Gasteiger charge is -2.13. The van der Waals surface area contributed by atoms with E-state index < -0.39 is 11.9 Å². The first-order valence-electron chi connectivity index (χ1n) is 6.54. The first-order valence-corrected chi connectivity index (χ1v) is 6.54. The molecule has 1 heterocycles. The zero-order valence-electron chi connectivity index (χ0n) is 12.2. The molecular weight excluding hydrogens is 272 g/mol. The zero-order valence-corrected chi connectivity index (χ0v) is 12.2. The summed E-state index contributed by atoms with van der Waals surface area (Å²) in [4.78, 5) is 15.1. The molecule has 0 aliphatic heterocycles. The molecule has 0 aliphatic rings. The second-order valence-electron chi connectivity index (χ2n) is 4.71. The molecule has 0 amide bonds. The number of fused-ring (bicyclic) bond motifs is 1. The van der Waals surface area contributed by atoms with Crippen molar-refractivity contribution >= 4 is 22.6 Å². The van der Waals surface area contributed by atoms with E-state index in [0.29, 0.717) is 23.9 Å². The highest BCUT2D eigenvalue weighted by Crippen LogP contribution is 2.34. The van der Waals surface area contributed by atoms with Gasteiger partial charge in [0.2, 0.25) is 0 Å². The van der Waals surface area contributed by atoms with Crippen molar-refractivity contribution in [2.24, 2.45) is 5.92 Å². The average Bonchev–Trinajstić information content (AvgIpc) is 2.50. The van der Waals surface area contributed by atoms with E-state index in [-0.39, 0.29) is 0 Å². The van der Waals surface area contributed by atoms with Crippen LogP contribution in [0.15, 0.2) is 24.4 Å². The number of methoxy groups -OCH3 is 2. The van der Waals surface area contributed by atoms with Crippen molar-refractivity contribution in [1.29, 1.82) is 0 Å². The molecule has 2 N–H and O–H groups in total. The quantitative estimate of drug-likeness (QED) is 0.850. The highest BCUT2D eigenvalue weighted by atomic mass is 16.5. The first-order chi connectivity index (χ1) is 10.1. The van der Waals surface area contributed by atoms with Gasteiger partial charge in [-0.3, -0.25) is 4.79 Å². The number of anilines is 1. The summed E-state index contributed by atoms with van der Waals surface area (Å²) >= 11 is 0. The van der Waals surface area contributed by atoms with Crippen LogP contribution in [-0.4, -0.2) is 36.8 Å². The fourth-order valence-corrected chi connectivity index (χ4v) is 1.98. The Hall–Kier alpha value is -2.50. The van der Waals surface area contributed by atoms with Gasteiger partial charge in [-0.25, -0.2) is 4.98 Å². The zero-order chi connectivity index (χ0) is 15.4. The topological polar surface area (TPSA) is 80.7 Å². The van der Waals surface area contributed by atoms with Crippen molar-refractivity contribution in [1.82, 2.24) is 4.98 Å². The van der Waals surface area contributed by atoms with Gasteiger partial charge in [0.25, 0.3) is 0 Å². The predicted octanol–water partition coefficient (Wildman–Crippen LogP) is 2.38. The van der Waals surface area contributed by atoms with Crippen LogP contribution in [0.4, 0.5) is 5.82 Å². The number of rotatable bonds is 6. The molecule has 6 heteroatoms. The Morgan fingerprint density at radius 1 is 1.33 bits per heavy atom. The maximum atomic E-state index is 10.9. The second-order valence-corrected chi connectivity index (χ2v) is 4.71. The van der Waals surface area contributed by atoms with Gasteiger partial charge in [-0.05, 0) is 23.6 Å². The van der Waals surface area contributed by atoms with Crippen molar-refractivity contribution in [3.63, 3.8) is 0 Å². The van der Waals surface area contributed by atoms with Crippen molar-refractivity contribution in [3.05, 3.63) is 24.4 Å². The smallest absolute Gasteiger partial charge is 0.308 e. The number of nitrogens with one attached hydrogen (secondary N) is 1. The molecular formula is C15H18N2O4. The van der Waals surface area contributed by atoms with Crippen LogP contribution in [0.2, 0.25) is 0 Å². The van der Waals surface area contributed by atoms with E-state index in [4.69, 9.17) is 14.6 Å². The third kappa shape index (κ3) is 3.16. The van der Waals surface area contributed by atoms with Crippen LogP contribution in [0.5, 0.6) is 11.5 Å². The van der Waals surface area contributed by atoms with Crippen LogP contribution in [-0.2, 0) is 4.79 Å². The summed E-state index contributed by atoms with van der Waals surface area (Å²) in [5.74, 6) is 0.527. The normalized spacial score (nSPS) is 12.0. The molecule has 1 unspecified atom stereocenters. The van der Waals surface area contributed by atoms with Crippen LogP contribution < -0.4 is 14.8 Å². The number of carbonyl (C=O) groups is 1. The third-order valence-corrected chi connectivity index (χ3v) is 3.27. The Kier molecular flexibility index (Phi) is 4.47. The summed E-state index contributed by atoms with van der Waals surface area (Å²) < 4.78 is 10.6. The van der Waals surface area contributed by atoms with Crippen molar-refractivity contribution in [3.8, 4) is 11.5 Å². The average molecular weight is 290 g/mol. The maximum absolute atomic E-state index is 10.9. The van der Waals surface area contributed by atoms with Gasteiger partial charge in [-0.1, -0.05) is 6.92 Å². The molecule has 0 aliphatic carbocycles. The molecule has 1 atom stereocenters. The summed E-state index contributed by atoms with van der Waals surface area (Å²) in [5.41, 5.74) is 0. The van der Waals surface area contributed by atoms with Crippen molar-refractivity contribution in [2.45, 2.75) is 6.92 Å². The minimum atomic E-state index is -0.845. The van der Waals surface area contributed by atoms with E-state index in [1.807, 2.05) is 18.2 Å². The Bertz CT molecular complexity index is 657. The van der Waals surface area contributed by atoms with Gasteiger partial charge in [-0.15, -0.1) is 0 Å². The Morgan fingerprint density at radius 2 is 2.00 bits per heavy atom. The van der Waals surface area contributed by atoms with E-state index in [0.717, 1.165) is 10.8 Å². The summed E-state index contributed by atoms with van der Waals surface area (Å²) in [5, 5.41) is 13.8. The van der Waals surface area contributed by atoms with E-state index >= 15 is 0 Å². The van der Waals surface area contributed by atoms with Gasteiger partial charge in [0.15, 0.2) is 11.5 Å². The Morgan fingerprint density at radius 3 is 2.62 bits per heavy atom. The van der Waals surface area contributed by atoms with Crippen LogP contribution in [0.25, 0.3) is 10.8 Å². The highest BCUT2D eigenvalue weighted by Gasteiger charge is 2.13. The van der Waals surface area contributed by atoms with Gasteiger partial charge in [-0.2, -0.15) is 0 Å². The molecule has 0 bridgehead atoms. The van der Waals surface area contributed by atoms with Crippen LogP contribution in [0.3, 0.4) is 0 Å². The lowest BCUT2D eigenvalue weighted by atomic mass is 10.1. The molecule has 2 rings (SSSR count). The van der Waals surface area contributed by atoms with Gasteiger partial charge in [0.05, 0.1) is 20.1 Å². The van der Waals surface area contributed by atoms with Gasteiger partial charge in [0, 0.05) is 18.1 Å². The number of ether oxygens (including phenoxy) is 2. The number of benzene rings is 1. The van der Waals surface area contributed by atoms with Crippen LogP contribution in [0.1, 0.15) is 6.92 Å². The third-order valence-electron chi connectivity index (χ3n) is 3.27. The molecule has 0 radical (unpaired) electrons. The Balaban J connectivity index is 2.38. The lowest BCUT2D eigenvalue weighted by molar-refractivity contribution is -0.140. The number of aromatic nitrogens is 1. The number of hydrogen-bond donors (Lipinski definition) is 2. The minimum absolute atomic E-state index is 0.301. The maximum Gasteiger partial charge on any atom is 0.308 e. The molecule has 0 saturated heterocycles. The monoisotopic (exact) mass is 290 g/mol. The summed E-state index contributed by atoms with van der Waals surface area (Å²) in [6.07, 6.45) is 1.67. The van der Waals surface area contributed by atoms with E-state index in [9.17, 15) is 4.79 Å². The standard InChI is InChI=1S/C15H18N2O4/c1-9(15(18)19)8-17-14-11-7-13(21-3)12(20-2)6-10(11)4-5-16-14/h4-7,9H,8H2,1-3H3,(H,16,17)(H,18,19). The van der Waals surface area contributed by atoms with E-state index in [1.165, 1.54) is 0 Å². The Labute approximate surface area is 122 Å². The van der Waals surface area contributed by atoms with E-state index in [1.54, 1.807) is 27.3 Å². The molecule has 2 aromatic rings. The number of carboxylic acid groups (broad SMARTS) is 1. The van der Waals surface area contributed by atoms with Gasteiger partial charge in [0.1, 0.15) is 5.82 Å². The highest BCUT2D eigenvalue weighted by molar-refractivity contribution is 5.94. The van der Waals surface area contributed by atoms with Gasteiger partial charge < -0.3 is 19.9 Å². The number of carboxylic acids is 1. The summed E-state index contributed by atoms with van der Waals surface area (Å²) in [6.45, 7) is 1.94. The molecule has 6 nitrogen and oxygen atoms in total. The molecule has 0 fully saturated rings. The molecule has 1 aromatic heterocycles. The van der Waals surface area contributed by atoms with Crippen molar-refractivity contribution in [2.75, 3.05) is 26.1 Å². The van der Waals surface area contributed by atoms with Crippen LogP contribution >= 0.6 is 0 Å². The first kappa shape index (κ1) is 14.9. The van der Waals surface area contributed by atoms with Crippen molar-refractivity contribution < 1.29 is 19.4 Å². The molecule has 21 heavy (non-hydrogen) atoms.